The molecule has 2 heterocycles. The fraction of sp³-hybridized carbons (Fsp3) is 0.250. The lowest BCUT2D eigenvalue weighted by Gasteiger charge is -2.35. The first kappa shape index (κ1) is 17.0. The maximum atomic E-state index is 13.0. The van der Waals surface area contributed by atoms with E-state index >= 15 is 0 Å². The van der Waals surface area contributed by atoms with Crippen molar-refractivity contribution in [2.24, 2.45) is 0 Å². The van der Waals surface area contributed by atoms with E-state index in [1.54, 1.807) is 7.11 Å². The number of carbonyl (C=O) groups excluding carboxylic acids is 1. The summed E-state index contributed by atoms with van der Waals surface area (Å²) in [6.07, 6.45) is 2.44. The van der Waals surface area contributed by atoms with Crippen molar-refractivity contribution < 1.29 is 9.53 Å². The van der Waals surface area contributed by atoms with Crippen molar-refractivity contribution in [1.29, 1.82) is 0 Å². The molecule has 0 bridgehead atoms. The van der Waals surface area contributed by atoms with Crippen molar-refractivity contribution in [3.8, 4) is 5.75 Å². The van der Waals surface area contributed by atoms with Gasteiger partial charge >= 0.3 is 0 Å². The van der Waals surface area contributed by atoms with Crippen LogP contribution in [-0.4, -0.2) is 17.9 Å². The zero-order valence-electron chi connectivity index (χ0n) is 16.1. The predicted molar refractivity (Wildman–Crippen MR) is 111 cm³/mol. The van der Waals surface area contributed by atoms with Crippen molar-refractivity contribution in [1.82, 2.24) is 4.98 Å². The Bertz CT molecular complexity index is 1130. The van der Waals surface area contributed by atoms with Gasteiger partial charge < -0.3 is 10.1 Å². The van der Waals surface area contributed by atoms with Gasteiger partial charge in [0.2, 0.25) is 0 Å². The molecule has 4 nitrogen and oxygen atoms in total. The van der Waals surface area contributed by atoms with Crippen LogP contribution in [0.25, 0.3) is 10.9 Å². The Balaban J connectivity index is 1.79. The molecular weight excluding hydrogens is 348 g/mol. The number of nitrogens with zero attached hydrogens (tertiary/aromatic N) is 1. The highest BCUT2D eigenvalue weighted by atomic mass is 16.5. The van der Waals surface area contributed by atoms with Crippen molar-refractivity contribution >= 4 is 22.4 Å². The molecule has 140 valence electrons. The van der Waals surface area contributed by atoms with E-state index < -0.39 is 0 Å². The zero-order valence-corrected chi connectivity index (χ0v) is 16.1. The predicted octanol–water partition coefficient (Wildman–Crippen LogP) is 5.12. The number of nitrogens with one attached hydrogen (secondary N) is 1. The molecule has 4 heteroatoms. The summed E-state index contributed by atoms with van der Waals surface area (Å²) >= 11 is 0. The van der Waals surface area contributed by atoms with E-state index in [2.05, 4.69) is 35.6 Å². The Morgan fingerprint density at radius 3 is 2.64 bits per heavy atom. The molecule has 0 radical (unpaired) electrons. The Labute approximate surface area is 164 Å². The highest BCUT2D eigenvalue weighted by Gasteiger charge is 2.36. The number of rotatable bonds is 2. The second-order valence-corrected chi connectivity index (χ2v) is 7.55. The highest BCUT2D eigenvalue weighted by Crippen LogP contribution is 2.47. The van der Waals surface area contributed by atoms with Gasteiger partial charge in [-0.3, -0.25) is 9.78 Å². The van der Waals surface area contributed by atoms with Gasteiger partial charge in [0.25, 0.3) is 0 Å². The van der Waals surface area contributed by atoms with Crippen LogP contribution in [0.3, 0.4) is 0 Å². The maximum Gasteiger partial charge on any atom is 0.161 e. The van der Waals surface area contributed by atoms with Crippen LogP contribution in [-0.2, 0) is 4.79 Å². The number of ketones is 1. The van der Waals surface area contributed by atoms with E-state index in [4.69, 9.17) is 9.72 Å². The van der Waals surface area contributed by atoms with Crippen LogP contribution in [0.15, 0.2) is 59.8 Å². The van der Waals surface area contributed by atoms with Crippen LogP contribution >= 0.6 is 0 Å². The number of allylic oxidation sites excluding steroid dienone is 2. The molecule has 1 aliphatic heterocycles. The van der Waals surface area contributed by atoms with Gasteiger partial charge in [0, 0.05) is 40.4 Å². The number of aromatic nitrogens is 1. The number of anilines is 1. The molecule has 0 saturated carbocycles. The lowest BCUT2D eigenvalue weighted by atomic mass is 9.74. The summed E-state index contributed by atoms with van der Waals surface area (Å²) in [5.41, 5.74) is 7.27. The van der Waals surface area contributed by atoms with Crippen LogP contribution < -0.4 is 10.1 Å². The van der Waals surface area contributed by atoms with Gasteiger partial charge in [-0.1, -0.05) is 18.2 Å². The van der Waals surface area contributed by atoms with E-state index in [1.807, 2.05) is 25.1 Å². The number of Topliss-reactive ketones (excluding diaryl/α,β-unsaturated/α-hetero) is 1. The summed E-state index contributed by atoms with van der Waals surface area (Å²) in [6, 6.07) is 16.4. The summed E-state index contributed by atoms with van der Waals surface area (Å²) in [6.45, 7) is 2.00. The van der Waals surface area contributed by atoms with E-state index in [1.165, 1.54) is 0 Å². The second-order valence-electron chi connectivity index (χ2n) is 7.55. The van der Waals surface area contributed by atoms with Gasteiger partial charge in [-0.05, 0) is 61.2 Å². The monoisotopic (exact) mass is 370 g/mol. The first-order valence-corrected chi connectivity index (χ1v) is 9.73. The molecule has 2 aliphatic rings. The molecule has 2 aromatic carbocycles. The summed E-state index contributed by atoms with van der Waals surface area (Å²) in [5, 5.41) is 4.66. The van der Waals surface area contributed by atoms with E-state index in [-0.39, 0.29) is 11.7 Å². The third kappa shape index (κ3) is 2.60. The number of pyridine rings is 1. The molecule has 28 heavy (non-hydrogen) atoms. The summed E-state index contributed by atoms with van der Waals surface area (Å²) in [4.78, 5) is 17.7. The normalized spacial score (nSPS) is 18.5. The van der Waals surface area contributed by atoms with Crippen LogP contribution in [0.5, 0.6) is 5.75 Å². The first-order valence-electron chi connectivity index (χ1n) is 9.73. The fourth-order valence-electron chi connectivity index (χ4n) is 4.51. The van der Waals surface area contributed by atoms with Crippen molar-refractivity contribution in [3.05, 3.63) is 76.6 Å². The minimum Gasteiger partial charge on any atom is -0.497 e. The largest absolute Gasteiger partial charge is 0.497 e. The van der Waals surface area contributed by atoms with Gasteiger partial charge in [0.05, 0.1) is 12.6 Å². The van der Waals surface area contributed by atoms with E-state index in [9.17, 15) is 4.79 Å². The third-order valence-electron chi connectivity index (χ3n) is 5.82. The average Bonchev–Trinajstić information content (AvgIpc) is 2.72. The first-order chi connectivity index (χ1) is 13.7. The topological polar surface area (TPSA) is 51.2 Å². The Kier molecular flexibility index (Phi) is 3.93. The van der Waals surface area contributed by atoms with Gasteiger partial charge in [0.15, 0.2) is 5.78 Å². The molecule has 0 fully saturated rings. The van der Waals surface area contributed by atoms with Gasteiger partial charge in [0.1, 0.15) is 5.75 Å². The second kappa shape index (κ2) is 6.48. The van der Waals surface area contributed by atoms with Crippen molar-refractivity contribution in [2.75, 3.05) is 12.4 Å². The fourth-order valence-corrected chi connectivity index (χ4v) is 4.51. The van der Waals surface area contributed by atoms with Crippen LogP contribution in [0.4, 0.5) is 5.69 Å². The molecule has 0 spiro atoms. The summed E-state index contributed by atoms with van der Waals surface area (Å²) in [7, 11) is 1.67. The molecule has 0 amide bonds. The number of hydrogen-bond acceptors (Lipinski definition) is 4. The van der Waals surface area contributed by atoms with Crippen molar-refractivity contribution in [2.45, 2.75) is 32.1 Å². The summed E-state index contributed by atoms with van der Waals surface area (Å²) in [5.74, 6) is 0.979. The molecule has 1 aromatic heterocycles. The number of methoxy groups -OCH3 is 1. The van der Waals surface area contributed by atoms with E-state index in [0.29, 0.717) is 6.42 Å². The quantitative estimate of drug-likeness (QED) is 0.680. The number of hydrogen-bond donors (Lipinski definition) is 1. The standard InChI is InChI=1S/C24H22N2O2/c1-14-6-11-17-18(25-14)12-13-20-23(17)22(15-7-9-16(28-2)10-8-15)24-19(26-20)4-3-5-21(24)27/h6-13,22,26H,3-5H2,1-2H3/t22-/m0/s1. The number of aryl methyl sites for hydroxylation is 1. The molecule has 1 N–H and O–H groups in total. The molecular formula is C24H22N2O2. The Morgan fingerprint density at radius 2 is 1.86 bits per heavy atom. The van der Waals surface area contributed by atoms with Crippen LogP contribution in [0.2, 0.25) is 0 Å². The molecule has 0 unspecified atom stereocenters. The minimum absolute atomic E-state index is 0.0850. The average molecular weight is 370 g/mol. The van der Waals surface area contributed by atoms with Crippen LogP contribution in [0, 0.1) is 6.92 Å². The lowest BCUT2D eigenvalue weighted by Crippen LogP contribution is -2.27. The molecule has 1 aliphatic carbocycles. The molecule has 3 aromatic rings. The molecule has 0 saturated heterocycles. The Morgan fingerprint density at radius 1 is 1.04 bits per heavy atom. The smallest absolute Gasteiger partial charge is 0.161 e. The SMILES string of the molecule is COc1ccc([C@@H]2C3=C(CCCC3=O)Nc3ccc4nc(C)ccc4c32)cc1. The number of fused-ring (bicyclic) bond motifs is 3. The number of carbonyl (C=O) groups is 1. The molecule has 1 atom stereocenters. The highest BCUT2D eigenvalue weighted by molar-refractivity contribution is 6.03. The van der Waals surface area contributed by atoms with Crippen LogP contribution in [0.1, 0.15) is 42.0 Å². The van der Waals surface area contributed by atoms with Gasteiger partial charge in [-0.25, -0.2) is 0 Å². The van der Waals surface area contributed by atoms with E-state index in [0.717, 1.165) is 63.3 Å². The molecule has 5 rings (SSSR count). The van der Waals surface area contributed by atoms with Gasteiger partial charge in [-0.2, -0.15) is 0 Å². The van der Waals surface area contributed by atoms with Gasteiger partial charge in [-0.15, -0.1) is 0 Å². The zero-order chi connectivity index (χ0) is 19.3. The summed E-state index contributed by atoms with van der Waals surface area (Å²) < 4.78 is 5.34. The third-order valence-corrected chi connectivity index (χ3v) is 5.82. The number of benzene rings is 2. The Hall–Kier alpha value is -3.14. The lowest BCUT2D eigenvalue weighted by molar-refractivity contribution is -0.116. The maximum absolute atomic E-state index is 13.0. The van der Waals surface area contributed by atoms with Crippen molar-refractivity contribution in [3.63, 3.8) is 0 Å². The number of ether oxygens (including phenoxy) is 1. The minimum atomic E-state index is -0.0850.